The number of carbonyl (C=O) groups is 1. The Morgan fingerprint density at radius 3 is 2.43 bits per heavy atom. The van der Waals surface area contributed by atoms with Gasteiger partial charge in [-0.1, -0.05) is 42.5 Å². The molecule has 0 spiro atoms. The summed E-state index contributed by atoms with van der Waals surface area (Å²) in [6, 6.07) is 14.5. The third-order valence-electron chi connectivity index (χ3n) is 6.06. The van der Waals surface area contributed by atoms with Crippen LogP contribution in [0.25, 0.3) is 10.8 Å². The molecule has 0 N–H and O–H groups in total. The summed E-state index contributed by atoms with van der Waals surface area (Å²) in [6.07, 6.45) is -1.26. The second-order valence-electron chi connectivity index (χ2n) is 7.92. The van der Waals surface area contributed by atoms with Crippen molar-refractivity contribution in [3.8, 4) is 0 Å². The fourth-order valence-electron chi connectivity index (χ4n) is 4.72. The number of likely N-dealkylation sites (tertiary alicyclic amines) is 2. The van der Waals surface area contributed by atoms with Gasteiger partial charge in [0.05, 0.1) is 12.6 Å². The van der Waals surface area contributed by atoms with E-state index in [0.29, 0.717) is 25.9 Å². The first-order valence-corrected chi connectivity index (χ1v) is 9.99. The van der Waals surface area contributed by atoms with Crippen LogP contribution in [0.15, 0.2) is 42.5 Å². The van der Waals surface area contributed by atoms with Crippen LogP contribution in [0.5, 0.6) is 0 Å². The molecule has 2 fully saturated rings. The summed E-state index contributed by atoms with van der Waals surface area (Å²) in [5.41, 5.74) is 1.18. The number of fused-ring (bicyclic) bond motifs is 1. The van der Waals surface area contributed by atoms with Crippen LogP contribution in [-0.4, -0.2) is 48.1 Å². The number of amides is 1. The average Bonchev–Trinajstić information content (AvgIpc) is 3.16. The molecular weight excluding hydrogens is 365 g/mol. The van der Waals surface area contributed by atoms with Gasteiger partial charge >= 0.3 is 6.18 Å². The lowest BCUT2D eigenvalue weighted by atomic mass is 9.93. The third kappa shape index (κ3) is 4.02. The van der Waals surface area contributed by atoms with Crippen molar-refractivity contribution in [2.45, 2.75) is 37.9 Å². The van der Waals surface area contributed by atoms with Crippen LogP contribution in [0.1, 0.15) is 37.3 Å². The molecule has 2 saturated heterocycles. The van der Waals surface area contributed by atoms with Crippen molar-refractivity contribution in [1.82, 2.24) is 9.80 Å². The predicted molar refractivity (Wildman–Crippen MR) is 103 cm³/mol. The van der Waals surface area contributed by atoms with Crippen molar-refractivity contribution in [1.29, 1.82) is 0 Å². The van der Waals surface area contributed by atoms with Gasteiger partial charge in [-0.05, 0) is 55.1 Å². The highest BCUT2D eigenvalue weighted by atomic mass is 19.4. The van der Waals surface area contributed by atoms with E-state index in [-0.39, 0.29) is 17.9 Å². The fraction of sp³-hybridized carbons (Fsp3) is 0.500. The second kappa shape index (κ2) is 7.74. The zero-order chi connectivity index (χ0) is 19.7. The zero-order valence-corrected chi connectivity index (χ0v) is 15.8. The quantitative estimate of drug-likeness (QED) is 0.753. The van der Waals surface area contributed by atoms with E-state index in [0.717, 1.165) is 19.4 Å². The summed E-state index contributed by atoms with van der Waals surface area (Å²) >= 11 is 0. The Bertz CT molecular complexity index is 838. The molecule has 4 rings (SSSR count). The molecule has 2 heterocycles. The molecule has 2 aromatic rings. The van der Waals surface area contributed by atoms with Crippen molar-refractivity contribution in [3.05, 3.63) is 48.0 Å². The Labute approximate surface area is 163 Å². The number of hydrogen-bond acceptors (Lipinski definition) is 2. The molecule has 150 valence electrons. The van der Waals surface area contributed by atoms with Gasteiger partial charge in [0.15, 0.2) is 0 Å². The van der Waals surface area contributed by atoms with Crippen LogP contribution in [0.3, 0.4) is 0 Å². The van der Waals surface area contributed by atoms with E-state index >= 15 is 0 Å². The molecule has 2 aliphatic heterocycles. The molecular formula is C22H25F3N2O. The largest absolute Gasteiger partial charge is 0.401 e. The summed E-state index contributed by atoms with van der Waals surface area (Å²) in [5, 5.41) is 2.34. The molecule has 3 nitrogen and oxygen atoms in total. The number of halogens is 3. The molecule has 2 aliphatic rings. The van der Waals surface area contributed by atoms with Gasteiger partial charge in [0.1, 0.15) is 0 Å². The van der Waals surface area contributed by atoms with E-state index in [4.69, 9.17) is 0 Å². The Morgan fingerprint density at radius 2 is 1.68 bits per heavy atom. The maximum atomic E-state index is 13.2. The normalized spacial score (nSPS) is 22.1. The first-order chi connectivity index (χ1) is 13.4. The van der Waals surface area contributed by atoms with Crippen LogP contribution < -0.4 is 0 Å². The fourth-order valence-corrected chi connectivity index (χ4v) is 4.72. The van der Waals surface area contributed by atoms with E-state index in [2.05, 4.69) is 24.3 Å². The number of nitrogens with zero attached hydrogens (tertiary/aromatic N) is 2. The number of rotatable bonds is 3. The highest BCUT2D eigenvalue weighted by Gasteiger charge is 2.38. The van der Waals surface area contributed by atoms with Gasteiger partial charge in [-0.2, -0.15) is 13.2 Å². The van der Waals surface area contributed by atoms with E-state index in [1.807, 2.05) is 23.1 Å². The van der Waals surface area contributed by atoms with Gasteiger partial charge in [-0.15, -0.1) is 0 Å². The van der Waals surface area contributed by atoms with Crippen molar-refractivity contribution < 1.29 is 18.0 Å². The molecule has 0 unspecified atom stereocenters. The van der Waals surface area contributed by atoms with E-state index < -0.39 is 12.7 Å². The Morgan fingerprint density at radius 1 is 0.964 bits per heavy atom. The molecule has 6 heteroatoms. The number of hydrogen-bond donors (Lipinski definition) is 0. The number of piperidine rings is 1. The van der Waals surface area contributed by atoms with Crippen LogP contribution in [0.2, 0.25) is 0 Å². The highest BCUT2D eigenvalue weighted by Crippen LogP contribution is 2.38. The molecule has 0 aromatic heterocycles. The summed E-state index contributed by atoms with van der Waals surface area (Å²) in [4.78, 5) is 16.6. The van der Waals surface area contributed by atoms with Gasteiger partial charge in [-0.25, -0.2) is 0 Å². The second-order valence-corrected chi connectivity index (χ2v) is 7.92. The van der Waals surface area contributed by atoms with Gasteiger partial charge in [-0.3, -0.25) is 9.69 Å². The molecule has 1 atom stereocenters. The van der Waals surface area contributed by atoms with Crippen LogP contribution in [-0.2, 0) is 4.79 Å². The summed E-state index contributed by atoms with van der Waals surface area (Å²) < 4.78 is 37.8. The Balaban J connectivity index is 1.47. The predicted octanol–water partition coefficient (Wildman–Crippen LogP) is 4.78. The monoisotopic (exact) mass is 390 g/mol. The Hall–Kier alpha value is -2.08. The maximum absolute atomic E-state index is 13.2. The standard InChI is InChI=1S/C22H25F3N2O/c23-22(24,25)15-26-13-10-17(11-14-26)21(28)27-12-4-9-20(27)19-8-3-6-16-5-1-2-7-18(16)19/h1-3,5-8,17,20H,4,9-15H2/t20-/m1/s1. The highest BCUT2D eigenvalue weighted by molar-refractivity contribution is 5.87. The van der Waals surface area contributed by atoms with Crippen molar-refractivity contribution in [3.63, 3.8) is 0 Å². The van der Waals surface area contributed by atoms with E-state index in [1.54, 1.807) is 0 Å². The Kier molecular flexibility index (Phi) is 5.32. The van der Waals surface area contributed by atoms with Gasteiger partial charge < -0.3 is 4.90 Å². The molecule has 2 aromatic carbocycles. The van der Waals surface area contributed by atoms with Crippen LogP contribution in [0.4, 0.5) is 13.2 Å². The molecule has 0 saturated carbocycles. The number of carbonyl (C=O) groups excluding carboxylic acids is 1. The third-order valence-corrected chi connectivity index (χ3v) is 6.06. The topological polar surface area (TPSA) is 23.6 Å². The lowest BCUT2D eigenvalue weighted by Crippen LogP contribution is -2.44. The smallest absolute Gasteiger partial charge is 0.335 e. The van der Waals surface area contributed by atoms with E-state index in [9.17, 15) is 18.0 Å². The molecule has 0 radical (unpaired) electrons. The first-order valence-electron chi connectivity index (χ1n) is 9.99. The molecule has 28 heavy (non-hydrogen) atoms. The molecule has 1 amide bonds. The lowest BCUT2D eigenvalue weighted by Gasteiger charge is -2.35. The molecule has 0 bridgehead atoms. The van der Waals surface area contributed by atoms with Gasteiger partial charge in [0, 0.05) is 12.5 Å². The van der Waals surface area contributed by atoms with Gasteiger partial charge in [0.2, 0.25) is 5.91 Å². The van der Waals surface area contributed by atoms with Crippen molar-refractivity contribution in [2.75, 3.05) is 26.2 Å². The summed E-state index contributed by atoms with van der Waals surface area (Å²) in [7, 11) is 0. The minimum atomic E-state index is -4.18. The van der Waals surface area contributed by atoms with E-state index in [1.165, 1.54) is 21.2 Å². The van der Waals surface area contributed by atoms with Crippen LogP contribution in [0, 0.1) is 5.92 Å². The van der Waals surface area contributed by atoms with Crippen molar-refractivity contribution in [2.24, 2.45) is 5.92 Å². The number of alkyl halides is 3. The average molecular weight is 390 g/mol. The zero-order valence-electron chi connectivity index (χ0n) is 15.8. The van der Waals surface area contributed by atoms with Crippen LogP contribution >= 0.6 is 0 Å². The van der Waals surface area contributed by atoms with Gasteiger partial charge in [0.25, 0.3) is 0 Å². The van der Waals surface area contributed by atoms with Crippen molar-refractivity contribution >= 4 is 16.7 Å². The number of benzene rings is 2. The summed E-state index contributed by atoms with van der Waals surface area (Å²) in [5.74, 6) is -0.0536. The first kappa shape index (κ1) is 19.2. The SMILES string of the molecule is O=C(C1CCN(CC(F)(F)F)CC1)N1CCC[C@@H]1c1cccc2ccccc12. The molecule has 0 aliphatic carbocycles. The minimum absolute atomic E-state index is 0.0619. The maximum Gasteiger partial charge on any atom is 0.401 e. The lowest BCUT2D eigenvalue weighted by molar-refractivity contribution is -0.151. The minimum Gasteiger partial charge on any atom is -0.335 e. The summed E-state index contributed by atoms with van der Waals surface area (Å²) in [6.45, 7) is 0.525.